The van der Waals surface area contributed by atoms with Crippen LogP contribution in [0.1, 0.15) is 47.4 Å². The van der Waals surface area contributed by atoms with Crippen LogP contribution in [-0.4, -0.2) is 28.9 Å². The molecule has 0 spiro atoms. The van der Waals surface area contributed by atoms with Gasteiger partial charge >= 0.3 is 0 Å². The van der Waals surface area contributed by atoms with Crippen molar-refractivity contribution in [3.8, 4) is 11.1 Å². The van der Waals surface area contributed by atoms with Crippen LogP contribution in [0.4, 0.5) is 18.9 Å². The molecule has 2 aromatic heterocycles. The number of carbonyl (C=O) groups is 2. The van der Waals surface area contributed by atoms with E-state index in [1.807, 2.05) is 0 Å². The Morgan fingerprint density at radius 2 is 1.92 bits per heavy atom. The molecule has 0 unspecified atom stereocenters. The number of carbonyl (C=O) groups excluding carboxylic acids is 2. The van der Waals surface area contributed by atoms with E-state index >= 15 is 4.39 Å². The van der Waals surface area contributed by atoms with Crippen molar-refractivity contribution in [1.82, 2.24) is 10.5 Å². The highest BCUT2D eigenvalue weighted by Gasteiger charge is 2.40. The van der Waals surface area contributed by atoms with Crippen LogP contribution in [-0.2, 0) is 4.79 Å². The van der Waals surface area contributed by atoms with E-state index in [9.17, 15) is 23.6 Å². The van der Waals surface area contributed by atoms with Gasteiger partial charge in [0.15, 0.2) is 11.9 Å². The quantitative estimate of drug-likeness (QED) is 0.342. The molecule has 12 heteroatoms. The summed E-state index contributed by atoms with van der Waals surface area (Å²) >= 11 is 5.95. The summed E-state index contributed by atoms with van der Waals surface area (Å²) < 4.78 is 47.8. The summed E-state index contributed by atoms with van der Waals surface area (Å²) in [5, 5.41) is 20.9. The number of aryl methyl sites for hydroxylation is 1. The van der Waals surface area contributed by atoms with Gasteiger partial charge in [0, 0.05) is 31.0 Å². The van der Waals surface area contributed by atoms with Gasteiger partial charge in [0.2, 0.25) is 11.8 Å². The van der Waals surface area contributed by atoms with E-state index in [-0.39, 0.29) is 45.9 Å². The standard InChI is InChI=1S/C25H24ClF3N4O4/c1-13-20(12-37-32-13)23(34)31-22(15-5-7-25(28,29)8-6-15)24(35)30-17-3-4-18(21(27)10-17)19-9-16(26)11-33(36)14(19)2/h3-4,9-12,15,22H,5-8H2,1-2H3,(H,30,35)(H,31,34)/t22-/m1/s1. The number of hydrogen-bond acceptors (Lipinski definition) is 5. The van der Waals surface area contributed by atoms with Gasteiger partial charge in [-0.05, 0) is 49.9 Å². The Bertz CT molecular complexity index is 1340. The van der Waals surface area contributed by atoms with Crippen molar-refractivity contribution in [3.63, 3.8) is 0 Å². The van der Waals surface area contributed by atoms with Gasteiger partial charge in [0.25, 0.3) is 5.91 Å². The lowest BCUT2D eigenvalue weighted by Crippen LogP contribution is -2.50. The second kappa shape index (κ2) is 10.4. The number of pyridine rings is 1. The minimum atomic E-state index is -2.83. The van der Waals surface area contributed by atoms with E-state index in [1.54, 1.807) is 6.92 Å². The third-order valence-electron chi connectivity index (χ3n) is 6.57. The SMILES string of the molecule is Cc1nocc1C(=O)N[C@@H](C(=O)Nc1ccc(-c2cc(Cl)c[n+]([O-])c2C)c(F)c1)C1CCC(F)(F)CC1. The van der Waals surface area contributed by atoms with E-state index in [2.05, 4.69) is 15.8 Å². The van der Waals surface area contributed by atoms with Gasteiger partial charge in [-0.1, -0.05) is 16.8 Å². The average molecular weight is 537 g/mol. The normalized spacial score (nSPS) is 16.3. The Balaban J connectivity index is 1.57. The van der Waals surface area contributed by atoms with E-state index in [4.69, 9.17) is 16.1 Å². The molecule has 0 bridgehead atoms. The number of aromatic nitrogens is 2. The molecule has 1 aliphatic rings. The van der Waals surface area contributed by atoms with Crippen molar-refractivity contribution in [3.05, 3.63) is 69.7 Å². The largest absolute Gasteiger partial charge is 0.618 e. The molecule has 4 rings (SSSR count). The highest BCUT2D eigenvalue weighted by atomic mass is 35.5. The van der Waals surface area contributed by atoms with E-state index < -0.39 is 48.4 Å². The van der Waals surface area contributed by atoms with Crippen molar-refractivity contribution >= 4 is 29.1 Å². The number of halogens is 4. The molecule has 1 fully saturated rings. The Morgan fingerprint density at radius 3 is 2.54 bits per heavy atom. The molecule has 1 aliphatic carbocycles. The third-order valence-corrected chi connectivity index (χ3v) is 6.77. The van der Waals surface area contributed by atoms with E-state index in [1.165, 1.54) is 25.1 Å². The molecule has 8 nitrogen and oxygen atoms in total. The van der Waals surface area contributed by atoms with Gasteiger partial charge < -0.3 is 20.4 Å². The number of anilines is 1. The molecule has 196 valence electrons. The number of nitrogens with one attached hydrogen (secondary N) is 2. The summed E-state index contributed by atoms with van der Waals surface area (Å²) in [7, 11) is 0. The van der Waals surface area contributed by atoms with Gasteiger partial charge in [0.1, 0.15) is 28.7 Å². The summed E-state index contributed by atoms with van der Waals surface area (Å²) in [5.41, 5.74) is 1.13. The van der Waals surface area contributed by atoms with E-state index in [0.717, 1.165) is 18.5 Å². The fourth-order valence-electron chi connectivity index (χ4n) is 4.43. The first-order valence-electron chi connectivity index (χ1n) is 11.5. The molecule has 0 aliphatic heterocycles. The predicted octanol–water partition coefficient (Wildman–Crippen LogP) is 4.95. The second-order valence-electron chi connectivity index (χ2n) is 9.13. The van der Waals surface area contributed by atoms with Crippen LogP contribution >= 0.6 is 11.6 Å². The Hall–Kier alpha value is -3.60. The lowest BCUT2D eigenvalue weighted by atomic mass is 9.81. The first-order chi connectivity index (χ1) is 17.4. The second-order valence-corrected chi connectivity index (χ2v) is 9.56. The molecule has 1 saturated carbocycles. The van der Waals surface area contributed by atoms with Crippen LogP contribution in [0, 0.1) is 30.8 Å². The lowest BCUT2D eigenvalue weighted by molar-refractivity contribution is -0.611. The van der Waals surface area contributed by atoms with Gasteiger partial charge in [0.05, 0.1) is 11.3 Å². The van der Waals surface area contributed by atoms with Crippen LogP contribution in [0.3, 0.4) is 0 Å². The monoisotopic (exact) mass is 536 g/mol. The van der Waals surface area contributed by atoms with Crippen molar-refractivity contribution < 1.29 is 32.0 Å². The number of rotatable bonds is 6. The smallest absolute Gasteiger partial charge is 0.257 e. The zero-order valence-corrected chi connectivity index (χ0v) is 20.7. The molecule has 3 aromatic rings. The highest BCUT2D eigenvalue weighted by Crippen LogP contribution is 2.38. The summed E-state index contributed by atoms with van der Waals surface area (Å²) in [6, 6.07) is 4.19. The zero-order chi connectivity index (χ0) is 26.9. The summed E-state index contributed by atoms with van der Waals surface area (Å²) in [6.45, 7) is 3.07. The molecule has 0 radical (unpaired) electrons. The first kappa shape index (κ1) is 26.5. The van der Waals surface area contributed by atoms with Gasteiger partial charge in [-0.25, -0.2) is 13.2 Å². The van der Waals surface area contributed by atoms with Crippen molar-refractivity contribution in [2.45, 2.75) is 51.5 Å². The number of hydrogen-bond donors (Lipinski definition) is 2. The van der Waals surface area contributed by atoms with Crippen LogP contribution in [0.15, 0.2) is 41.2 Å². The van der Waals surface area contributed by atoms with Crippen molar-refractivity contribution in [1.29, 1.82) is 0 Å². The maximum Gasteiger partial charge on any atom is 0.257 e. The number of nitrogens with zero attached hydrogens (tertiary/aromatic N) is 2. The van der Waals surface area contributed by atoms with Gasteiger partial charge in [-0.2, -0.15) is 4.73 Å². The van der Waals surface area contributed by atoms with Crippen LogP contribution < -0.4 is 15.4 Å². The fraction of sp³-hybridized carbons (Fsp3) is 0.360. The minimum Gasteiger partial charge on any atom is -0.618 e. The number of benzene rings is 1. The summed E-state index contributed by atoms with van der Waals surface area (Å²) in [4.78, 5) is 26.0. The maximum absolute atomic E-state index is 15.0. The highest BCUT2D eigenvalue weighted by molar-refractivity contribution is 6.30. The van der Waals surface area contributed by atoms with Gasteiger partial charge in [-0.15, -0.1) is 0 Å². The molecule has 2 N–H and O–H groups in total. The molecule has 0 saturated heterocycles. The Labute approximate surface area is 215 Å². The third kappa shape index (κ3) is 5.87. The van der Waals surface area contributed by atoms with Gasteiger partial charge in [-0.3, -0.25) is 9.59 Å². The number of amides is 2. The molecule has 37 heavy (non-hydrogen) atoms. The molecule has 1 atom stereocenters. The predicted molar refractivity (Wildman–Crippen MR) is 129 cm³/mol. The van der Waals surface area contributed by atoms with Crippen molar-refractivity contribution in [2.75, 3.05) is 5.32 Å². The topological polar surface area (TPSA) is 111 Å². The average Bonchev–Trinajstić information content (AvgIpc) is 3.26. The molecule has 1 aromatic carbocycles. The molecular weight excluding hydrogens is 513 g/mol. The Kier molecular flexibility index (Phi) is 7.44. The molecule has 2 amide bonds. The minimum absolute atomic E-state index is 0.0184. The molecule has 2 heterocycles. The first-order valence-corrected chi connectivity index (χ1v) is 11.9. The van der Waals surface area contributed by atoms with Crippen molar-refractivity contribution in [2.24, 2.45) is 5.92 Å². The van der Waals surface area contributed by atoms with E-state index in [0.29, 0.717) is 10.4 Å². The van der Waals surface area contributed by atoms with Crippen LogP contribution in [0.25, 0.3) is 11.1 Å². The molecular formula is C25H24ClF3N4O4. The van der Waals surface area contributed by atoms with Crippen LogP contribution in [0.2, 0.25) is 5.02 Å². The van der Waals surface area contributed by atoms with Crippen LogP contribution in [0.5, 0.6) is 0 Å². The fourth-order valence-corrected chi connectivity index (χ4v) is 4.63. The number of alkyl halides is 2. The zero-order valence-electron chi connectivity index (χ0n) is 20.0. The lowest BCUT2D eigenvalue weighted by Gasteiger charge is -2.33. The summed E-state index contributed by atoms with van der Waals surface area (Å²) in [5.74, 6) is -5.43. The maximum atomic E-state index is 15.0. The summed E-state index contributed by atoms with van der Waals surface area (Å²) in [6.07, 6.45) is 1.50. The Morgan fingerprint density at radius 1 is 1.22 bits per heavy atom.